The van der Waals surface area contributed by atoms with Crippen LogP contribution in [0.1, 0.15) is 0 Å². The first-order valence-electron chi connectivity index (χ1n) is 21.7. The van der Waals surface area contributed by atoms with Crippen molar-refractivity contribution in [2.75, 3.05) is 4.90 Å². The number of hydrogen-bond donors (Lipinski definition) is 0. The Labute approximate surface area is 373 Å². The molecule has 0 saturated heterocycles. The first kappa shape index (κ1) is 36.5. The third-order valence-electron chi connectivity index (χ3n) is 12.7. The zero-order chi connectivity index (χ0) is 42.1. The van der Waals surface area contributed by atoms with Crippen molar-refractivity contribution in [3.63, 3.8) is 0 Å². The number of hydrogen-bond acceptors (Lipinski definition) is 4. The predicted molar refractivity (Wildman–Crippen MR) is 270 cm³/mol. The van der Waals surface area contributed by atoms with E-state index in [9.17, 15) is 0 Å². The molecule has 0 radical (unpaired) electrons. The van der Waals surface area contributed by atoms with E-state index in [0.717, 1.165) is 105 Å². The lowest BCUT2D eigenvalue weighted by atomic mass is 9.94. The molecule has 3 nitrogen and oxygen atoms in total. The fraction of sp³-hybridized carbons (Fsp3) is 0. The second-order valence-corrected chi connectivity index (χ2v) is 17.4. The number of furan rings is 2. The van der Waals surface area contributed by atoms with Crippen LogP contribution in [0.15, 0.2) is 233 Å². The summed E-state index contributed by atoms with van der Waals surface area (Å²) in [6.45, 7) is 0. The molecule has 300 valence electrons. The molecule has 0 unspecified atom stereocenters. The number of thiophene rings is 1. The second kappa shape index (κ2) is 14.7. The van der Waals surface area contributed by atoms with Crippen LogP contribution >= 0.6 is 11.3 Å². The largest absolute Gasteiger partial charge is 0.455 e. The highest BCUT2D eigenvalue weighted by molar-refractivity contribution is 7.26. The molecule has 0 aliphatic heterocycles. The first-order valence-corrected chi connectivity index (χ1v) is 22.5. The Balaban J connectivity index is 1.13. The van der Waals surface area contributed by atoms with Gasteiger partial charge in [0.15, 0.2) is 0 Å². The molecule has 4 heteroatoms. The Morgan fingerprint density at radius 3 is 1.62 bits per heavy atom. The van der Waals surface area contributed by atoms with Crippen LogP contribution in [0.2, 0.25) is 0 Å². The summed E-state index contributed by atoms with van der Waals surface area (Å²) in [5.74, 6) is 0. The summed E-state index contributed by atoms with van der Waals surface area (Å²) in [6, 6.07) is 80.1. The van der Waals surface area contributed by atoms with Gasteiger partial charge in [-0.05, 0) is 94.0 Å². The van der Waals surface area contributed by atoms with E-state index < -0.39 is 0 Å². The molecule has 3 heterocycles. The summed E-state index contributed by atoms with van der Waals surface area (Å²) < 4.78 is 16.5. The molecule has 0 amide bonds. The smallest absolute Gasteiger partial charge is 0.145 e. The maximum absolute atomic E-state index is 7.09. The molecule has 0 bridgehead atoms. The lowest BCUT2D eigenvalue weighted by molar-refractivity contribution is 0.669. The molecule has 13 aromatic rings. The van der Waals surface area contributed by atoms with Crippen LogP contribution < -0.4 is 4.90 Å². The summed E-state index contributed by atoms with van der Waals surface area (Å²) in [6.07, 6.45) is 0. The van der Waals surface area contributed by atoms with Crippen molar-refractivity contribution >= 4 is 92.4 Å². The maximum atomic E-state index is 7.09. The molecule has 0 spiro atoms. The van der Waals surface area contributed by atoms with Gasteiger partial charge in [-0.1, -0.05) is 164 Å². The Morgan fingerprint density at radius 1 is 0.328 bits per heavy atom. The molecular formula is C60H37NO2S. The number of fused-ring (bicyclic) bond motifs is 9. The van der Waals surface area contributed by atoms with Crippen molar-refractivity contribution in [1.82, 2.24) is 0 Å². The predicted octanol–water partition coefficient (Wildman–Crippen LogP) is 18.0. The van der Waals surface area contributed by atoms with Gasteiger partial charge in [0.1, 0.15) is 22.3 Å². The van der Waals surface area contributed by atoms with Crippen molar-refractivity contribution in [3.05, 3.63) is 224 Å². The molecule has 64 heavy (non-hydrogen) atoms. The summed E-state index contributed by atoms with van der Waals surface area (Å²) in [7, 11) is 0. The zero-order valence-corrected chi connectivity index (χ0v) is 35.4. The van der Waals surface area contributed by atoms with Crippen LogP contribution in [0.5, 0.6) is 0 Å². The van der Waals surface area contributed by atoms with Crippen LogP contribution in [0.4, 0.5) is 17.1 Å². The van der Waals surface area contributed by atoms with Crippen LogP contribution in [-0.2, 0) is 0 Å². The highest BCUT2D eigenvalue weighted by Crippen LogP contribution is 2.51. The lowest BCUT2D eigenvalue weighted by Crippen LogP contribution is -2.10. The highest BCUT2D eigenvalue weighted by atomic mass is 32.1. The minimum Gasteiger partial charge on any atom is -0.455 e. The van der Waals surface area contributed by atoms with E-state index >= 15 is 0 Å². The van der Waals surface area contributed by atoms with Crippen LogP contribution in [0.3, 0.4) is 0 Å². The van der Waals surface area contributed by atoms with Gasteiger partial charge in [0.05, 0.1) is 21.5 Å². The average Bonchev–Trinajstić information content (AvgIpc) is 4.07. The molecular weight excluding hydrogens is 799 g/mol. The molecule has 0 N–H and O–H groups in total. The van der Waals surface area contributed by atoms with E-state index in [4.69, 9.17) is 8.83 Å². The molecule has 10 aromatic carbocycles. The summed E-state index contributed by atoms with van der Waals surface area (Å²) >= 11 is 1.84. The maximum Gasteiger partial charge on any atom is 0.145 e. The lowest BCUT2D eigenvalue weighted by Gasteiger charge is -2.27. The van der Waals surface area contributed by atoms with E-state index in [1.54, 1.807) is 0 Å². The molecule has 0 aliphatic carbocycles. The van der Waals surface area contributed by atoms with Crippen molar-refractivity contribution in [2.45, 2.75) is 0 Å². The van der Waals surface area contributed by atoms with Crippen LogP contribution in [0.25, 0.3) is 109 Å². The van der Waals surface area contributed by atoms with Gasteiger partial charge >= 0.3 is 0 Å². The quantitative estimate of drug-likeness (QED) is 0.160. The Kier molecular flexibility index (Phi) is 8.40. The van der Waals surface area contributed by atoms with Gasteiger partial charge in [0.2, 0.25) is 0 Å². The standard InChI is InChI=1S/C60H37NO2S/c1-5-16-38(17-6-1)42-28-30-49-54(36-42)63-59-46(41-22-11-4-12-23-41)33-34-51(57(49)59)61(52-26-15-25-48-47-24-13-14-27-55(47)64-60(48)52)43-29-35-53-50(37-43)56-44(39-18-7-2-8-19-39)31-32-45(58(56)62-53)40-20-9-3-10-21-40/h1-37H. The SMILES string of the molecule is c1ccc(-c2ccc3c(c2)oc2c(-c4ccccc4)ccc(N(c4ccc5oc6c(-c7ccccc7)ccc(-c7ccccc7)c6c5c4)c4cccc5c4sc4ccccc45)c23)cc1. The molecule has 0 saturated carbocycles. The second-order valence-electron chi connectivity index (χ2n) is 16.3. The van der Waals surface area contributed by atoms with Crippen LogP contribution in [-0.4, -0.2) is 0 Å². The average molecular weight is 836 g/mol. The van der Waals surface area contributed by atoms with Gasteiger partial charge in [0, 0.05) is 48.4 Å². The minimum atomic E-state index is 0.839. The third kappa shape index (κ3) is 5.81. The first-order chi connectivity index (χ1) is 31.7. The van der Waals surface area contributed by atoms with Crippen molar-refractivity contribution in [2.24, 2.45) is 0 Å². The number of anilines is 3. The molecule has 13 rings (SSSR count). The van der Waals surface area contributed by atoms with Gasteiger partial charge in [-0.2, -0.15) is 0 Å². The van der Waals surface area contributed by atoms with Crippen molar-refractivity contribution < 1.29 is 8.83 Å². The molecule has 0 atom stereocenters. The van der Waals surface area contributed by atoms with Gasteiger partial charge in [-0.15, -0.1) is 11.3 Å². The van der Waals surface area contributed by atoms with Crippen molar-refractivity contribution in [3.8, 4) is 44.5 Å². The summed E-state index contributed by atoms with van der Waals surface area (Å²) in [4.78, 5) is 2.45. The van der Waals surface area contributed by atoms with E-state index in [-0.39, 0.29) is 0 Å². The summed E-state index contributed by atoms with van der Waals surface area (Å²) in [5.41, 5.74) is 15.5. The zero-order valence-electron chi connectivity index (χ0n) is 34.5. The van der Waals surface area contributed by atoms with E-state index in [1.165, 1.54) is 20.2 Å². The topological polar surface area (TPSA) is 29.5 Å². The Hall–Kier alpha value is -8.18. The van der Waals surface area contributed by atoms with Gasteiger partial charge in [-0.25, -0.2) is 0 Å². The Bertz CT molecular complexity index is 3890. The third-order valence-corrected chi connectivity index (χ3v) is 13.9. The van der Waals surface area contributed by atoms with Crippen LogP contribution in [0, 0.1) is 0 Å². The number of benzene rings is 10. The fourth-order valence-corrected chi connectivity index (χ4v) is 10.9. The monoisotopic (exact) mass is 835 g/mol. The normalized spacial score (nSPS) is 11.8. The van der Waals surface area contributed by atoms with E-state index in [2.05, 4.69) is 229 Å². The number of nitrogens with zero attached hydrogens (tertiary/aromatic N) is 1. The molecule has 3 aromatic heterocycles. The molecule has 0 aliphatic rings. The Morgan fingerprint density at radius 2 is 0.906 bits per heavy atom. The minimum absolute atomic E-state index is 0.839. The molecule has 0 fully saturated rings. The van der Waals surface area contributed by atoms with Gasteiger partial charge in [-0.3, -0.25) is 0 Å². The van der Waals surface area contributed by atoms with Gasteiger partial charge in [0.25, 0.3) is 0 Å². The summed E-state index contributed by atoms with van der Waals surface area (Å²) in [5, 5.41) is 6.76. The van der Waals surface area contributed by atoms with Crippen molar-refractivity contribution in [1.29, 1.82) is 0 Å². The fourth-order valence-electron chi connectivity index (χ4n) is 9.73. The van der Waals surface area contributed by atoms with Gasteiger partial charge < -0.3 is 13.7 Å². The van der Waals surface area contributed by atoms with E-state index in [0.29, 0.717) is 0 Å². The number of rotatable bonds is 7. The van der Waals surface area contributed by atoms with E-state index in [1.807, 2.05) is 11.3 Å². The highest BCUT2D eigenvalue weighted by Gasteiger charge is 2.26.